The molecule has 1 aromatic rings. The van der Waals surface area contributed by atoms with Gasteiger partial charge in [0, 0.05) is 18.3 Å². The quantitative estimate of drug-likeness (QED) is 0.694. The Hall–Kier alpha value is -1.46. The van der Waals surface area contributed by atoms with Gasteiger partial charge in [0.1, 0.15) is 0 Å². The molecule has 2 N–H and O–H groups in total. The van der Waals surface area contributed by atoms with Gasteiger partial charge in [0.05, 0.1) is 6.04 Å². The lowest BCUT2D eigenvalue weighted by molar-refractivity contribution is 0.585. The number of anilines is 1. The Bertz CT molecular complexity index is 392. The molecule has 2 atom stereocenters. The summed E-state index contributed by atoms with van der Waals surface area (Å²) < 4.78 is 0. The molecule has 0 amide bonds. The van der Waals surface area contributed by atoms with Gasteiger partial charge in [-0.3, -0.25) is 0 Å². The summed E-state index contributed by atoms with van der Waals surface area (Å²) in [7, 11) is 0. The Morgan fingerprint density at radius 1 is 1.53 bits per heavy atom. The maximum Gasteiger partial charge on any atom is 0.0874 e. The van der Waals surface area contributed by atoms with Gasteiger partial charge in [-0.1, -0.05) is 24.1 Å². The number of nitrogens with two attached hydrogens (primary N) is 1. The second-order valence-electron chi connectivity index (χ2n) is 4.09. The molecule has 1 aliphatic rings. The molecule has 2 nitrogen and oxygen atoms in total. The molecular formula is C13H16N2. The van der Waals surface area contributed by atoms with Crippen molar-refractivity contribution in [2.45, 2.75) is 25.4 Å². The molecule has 1 aromatic carbocycles. The van der Waals surface area contributed by atoms with Crippen LogP contribution in [0.15, 0.2) is 24.3 Å². The summed E-state index contributed by atoms with van der Waals surface area (Å²) in [6, 6.07) is 8.65. The molecule has 0 bridgehead atoms. The summed E-state index contributed by atoms with van der Waals surface area (Å²) in [4.78, 5) is 2.21. The molecule has 2 unspecified atom stereocenters. The standard InChI is InChI=1S/C13H16N2/c1-3-10(2)15-9-12(14)8-11-6-4-5-7-13(11)15/h1,4-7,10,12H,8-9,14H2,2H3. The van der Waals surface area contributed by atoms with Crippen LogP contribution in [0.25, 0.3) is 0 Å². The van der Waals surface area contributed by atoms with Crippen LogP contribution in [0.2, 0.25) is 0 Å². The normalized spacial score (nSPS) is 21.7. The highest BCUT2D eigenvalue weighted by molar-refractivity contribution is 5.58. The van der Waals surface area contributed by atoms with Gasteiger partial charge in [0.25, 0.3) is 0 Å². The van der Waals surface area contributed by atoms with Crippen molar-refractivity contribution in [3.8, 4) is 12.3 Å². The third kappa shape index (κ3) is 1.84. The van der Waals surface area contributed by atoms with E-state index >= 15 is 0 Å². The van der Waals surface area contributed by atoms with Crippen LogP contribution in [0.3, 0.4) is 0 Å². The Balaban J connectivity index is 2.39. The maximum absolute atomic E-state index is 6.02. The molecule has 0 spiro atoms. The summed E-state index contributed by atoms with van der Waals surface area (Å²) in [6.45, 7) is 2.89. The fourth-order valence-electron chi connectivity index (χ4n) is 2.12. The molecular weight excluding hydrogens is 184 g/mol. The molecule has 1 heterocycles. The van der Waals surface area contributed by atoms with Crippen LogP contribution in [0, 0.1) is 12.3 Å². The monoisotopic (exact) mass is 200 g/mol. The molecule has 0 saturated carbocycles. The van der Waals surface area contributed by atoms with Crippen molar-refractivity contribution in [1.29, 1.82) is 0 Å². The number of terminal acetylenes is 1. The van der Waals surface area contributed by atoms with E-state index in [2.05, 4.69) is 29.0 Å². The van der Waals surface area contributed by atoms with Crippen LogP contribution in [0.1, 0.15) is 12.5 Å². The van der Waals surface area contributed by atoms with E-state index in [0.717, 1.165) is 13.0 Å². The van der Waals surface area contributed by atoms with Crippen LogP contribution < -0.4 is 10.6 Å². The number of hydrogen-bond acceptors (Lipinski definition) is 2. The van der Waals surface area contributed by atoms with Gasteiger partial charge in [-0.15, -0.1) is 6.42 Å². The minimum absolute atomic E-state index is 0.109. The third-order valence-electron chi connectivity index (χ3n) is 2.92. The van der Waals surface area contributed by atoms with Gasteiger partial charge in [-0.25, -0.2) is 0 Å². The van der Waals surface area contributed by atoms with E-state index in [-0.39, 0.29) is 12.1 Å². The first-order valence-corrected chi connectivity index (χ1v) is 5.28. The van der Waals surface area contributed by atoms with E-state index in [1.54, 1.807) is 0 Å². The van der Waals surface area contributed by atoms with E-state index in [0.29, 0.717) is 0 Å². The number of nitrogens with zero attached hydrogens (tertiary/aromatic N) is 1. The average molecular weight is 200 g/mol. The first-order valence-electron chi connectivity index (χ1n) is 5.28. The lowest BCUT2D eigenvalue weighted by Crippen LogP contribution is -2.46. The lowest BCUT2D eigenvalue weighted by Gasteiger charge is -2.36. The van der Waals surface area contributed by atoms with Crippen LogP contribution >= 0.6 is 0 Å². The summed E-state index contributed by atoms with van der Waals surface area (Å²) in [6.07, 6.45) is 6.42. The number of benzene rings is 1. The highest BCUT2D eigenvalue weighted by Gasteiger charge is 2.23. The third-order valence-corrected chi connectivity index (χ3v) is 2.92. The molecule has 78 valence electrons. The largest absolute Gasteiger partial charge is 0.356 e. The summed E-state index contributed by atoms with van der Waals surface area (Å²) in [5.74, 6) is 2.77. The van der Waals surface area contributed by atoms with Crippen LogP contribution in [0.5, 0.6) is 0 Å². The van der Waals surface area contributed by atoms with E-state index in [9.17, 15) is 0 Å². The molecule has 2 heteroatoms. The van der Waals surface area contributed by atoms with Gasteiger partial charge in [0.2, 0.25) is 0 Å². The van der Waals surface area contributed by atoms with Crippen LogP contribution in [-0.4, -0.2) is 18.6 Å². The SMILES string of the molecule is C#CC(C)N1CC(N)Cc2ccccc21. The maximum atomic E-state index is 6.02. The molecule has 0 radical (unpaired) electrons. The minimum Gasteiger partial charge on any atom is -0.356 e. The van der Waals surface area contributed by atoms with Crippen molar-refractivity contribution in [3.63, 3.8) is 0 Å². The number of rotatable bonds is 1. The van der Waals surface area contributed by atoms with Crippen LogP contribution in [-0.2, 0) is 6.42 Å². The smallest absolute Gasteiger partial charge is 0.0874 e. The zero-order chi connectivity index (χ0) is 10.8. The molecule has 0 aliphatic carbocycles. The Kier molecular flexibility index (Phi) is 2.66. The fraction of sp³-hybridized carbons (Fsp3) is 0.385. The van der Waals surface area contributed by atoms with E-state index in [1.165, 1.54) is 11.3 Å². The lowest BCUT2D eigenvalue weighted by atomic mass is 9.97. The van der Waals surface area contributed by atoms with E-state index < -0.39 is 0 Å². The second-order valence-corrected chi connectivity index (χ2v) is 4.09. The van der Waals surface area contributed by atoms with Crippen molar-refractivity contribution < 1.29 is 0 Å². The average Bonchev–Trinajstić information content (AvgIpc) is 2.26. The van der Waals surface area contributed by atoms with Crippen LogP contribution in [0.4, 0.5) is 5.69 Å². The fourth-order valence-corrected chi connectivity index (χ4v) is 2.12. The highest BCUT2D eigenvalue weighted by atomic mass is 15.2. The first-order chi connectivity index (χ1) is 7.22. The molecule has 0 fully saturated rings. The summed E-state index contributed by atoms with van der Waals surface area (Å²) >= 11 is 0. The minimum atomic E-state index is 0.109. The number of hydrogen-bond donors (Lipinski definition) is 1. The van der Waals surface area contributed by atoms with Crippen molar-refractivity contribution in [1.82, 2.24) is 0 Å². The number of fused-ring (bicyclic) bond motifs is 1. The zero-order valence-electron chi connectivity index (χ0n) is 8.98. The Labute approximate surface area is 91.1 Å². The van der Waals surface area contributed by atoms with E-state index in [1.807, 2.05) is 13.0 Å². The van der Waals surface area contributed by atoms with Crippen molar-refractivity contribution in [2.24, 2.45) is 5.73 Å². The van der Waals surface area contributed by atoms with E-state index in [4.69, 9.17) is 12.2 Å². The molecule has 0 aromatic heterocycles. The topological polar surface area (TPSA) is 29.3 Å². The van der Waals surface area contributed by atoms with Crippen molar-refractivity contribution in [2.75, 3.05) is 11.4 Å². The zero-order valence-corrected chi connectivity index (χ0v) is 8.98. The van der Waals surface area contributed by atoms with Gasteiger partial charge < -0.3 is 10.6 Å². The predicted octanol–water partition coefficient (Wildman–Crippen LogP) is 1.40. The second kappa shape index (κ2) is 3.96. The van der Waals surface area contributed by atoms with Crippen molar-refractivity contribution in [3.05, 3.63) is 29.8 Å². The molecule has 2 rings (SSSR count). The summed E-state index contributed by atoms with van der Waals surface area (Å²) in [5, 5.41) is 0. The van der Waals surface area contributed by atoms with Gasteiger partial charge in [-0.2, -0.15) is 0 Å². The molecule has 1 aliphatic heterocycles. The molecule has 0 saturated heterocycles. The predicted molar refractivity (Wildman–Crippen MR) is 63.8 cm³/mol. The van der Waals surface area contributed by atoms with Gasteiger partial charge in [-0.05, 0) is 25.0 Å². The Morgan fingerprint density at radius 2 is 2.27 bits per heavy atom. The first kappa shape index (κ1) is 10.1. The van der Waals surface area contributed by atoms with Gasteiger partial charge in [0.15, 0.2) is 0 Å². The van der Waals surface area contributed by atoms with Gasteiger partial charge >= 0.3 is 0 Å². The highest BCUT2D eigenvalue weighted by Crippen LogP contribution is 2.27. The summed E-state index contributed by atoms with van der Waals surface area (Å²) in [5.41, 5.74) is 8.57. The number of para-hydroxylation sites is 1. The van der Waals surface area contributed by atoms with Crippen molar-refractivity contribution >= 4 is 5.69 Å². The molecule has 15 heavy (non-hydrogen) atoms. The Morgan fingerprint density at radius 3 is 3.00 bits per heavy atom.